The van der Waals surface area contributed by atoms with Crippen LogP contribution < -0.4 is 10.1 Å². The third-order valence-corrected chi connectivity index (χ3v) is 3.37. The molecule has 1 saturated carbocycles. The predicted molar refractivity (Wildman–Crippen MR) is 68.6 cm³/mol. The molecule has 0 heterocycles. The van der Waals surface area contributed by atoms with Crippen LogP contribution >= 0.6 is 0 Å². The number of aryl methyl sites for hydroxylation is 2. The molecule has 0 aliphatic heterocycles. The van der Waals surface area contributed by atoms with E-state index in [-0.39, 0.29) is 12.2 Å². The molecule has 0 radical (unpaired) electrons. The van der Waals surface area contributed by atoms with E-state index in [0.717, 1.165) is 12.2 Å². The van der Waals surface area contributed by atoms with Crippen molar-refractivity contribution in [3.63, 3.8) is 0 Å². The van der Waals surface area contributed by atoms with Gasteiger partial charge in [0.2, 0.25) is 0 Å². The maximum Gasteiger partial charge on any atom is 0.128 e. The van der Waals surface area contributed by atoms with Gasteiger partial charge >= 0.3 is 0 Å². The second-order valence-electron chi connectivity index (χ2n) is 4.81. The monoisotopic (exact) mass is 235 g/mol. The average molecular weight is 235 g/mol. The SMILES string of the molecule is CNC1CC(Oc2cc(C)cc(C)c2)C1OC. The summed E-state index contributed by atoms with van der Waals surface area (Å²) in [4.78, 5) is 0. The highest BCUT2D eigenvalue weighted by atomic mass is 16.5. The Kier molecular flexibility index (Phi) is 3.69. The van der Waals surface area contributed by atoms with Gasteiger partial charge in [-0.15, -0.1) is 0 Å². The molecular formula is C14H21NO2. The number of methoxy groups -OCH3 is 1. The molecule has 1 fully saturated rings. The van der Waals surface area contributed by atoms with Crippen LogP contribution in [-0.4, -0.2) is 32.4 Å². The lowest BCUT2D eigenvalue weighted by Crippen LogP contribution is -2.60. The van der Waals surface area contributed by atoms with Gasteiger partial charge in [0, 0.05) is 19.6 Å². The molecule has 2 rings (SSSR count). The molecule has 1 aromatic rings. The summed E-state index contributed by atoms with van der Waals surface area (Å²) in [6.07, 6.45) is 1.32. The topological polar surface area (TPSA) is 30.5 Å². The molecule has 1 aliphatic carbocycles. The predicted octanol–water partition coefficient (Wildman–Crippen LogP) is 2.06. The Morgan fingerprint density at radius 1 is 1.18 bits per heavy atom. The Bertz CT molecular complexity index is 372. The van der Waals surface area contributed by atoms with Crippen LogP contribution in [0.3, 0.4) is 0 Å². The molecule has 1 aliphatic rings. The molecule has 0 amide bonds. The molecule has 1 aromatic carbocycles. The van der Waals surface area contributed by atoms with E-state index >= 15 is 0 Å². The lowest BCUT2D eigenvalue weighted by molar-refractivity contribution is -0.0869. The summed E-state index contributed by atoms with van der Waals surface area (Å²) in [6, 6.07) is 6.72. The van der Waals surface area contributed by atoms with Gasteiger partial charge in [-0.1, -0.05) is 6.07 Å². The van der Waals surface area contributed by atoms with Crippen LogP contribution in [0, 0.1) is 13.8 Å². The Labute approximate surface area is 103 Å². The Hall–Kier alpha value is -1.06. The molecular weight excluding hydrogens is 214 g/mol. The number of nitrogens with one attached hydrogen (secondary N) is 1. The zero-order valence-electron chi connectivity index (χ0n) is 11.0. The minimum absolute atomic E-state index is 0.154. The van der Waals surface area contributed by atoms with Crippen molar-refractivity contribution in [2.45, 2.75) is 38.5 Å². The largest absolute Gasteiger partial charge is 0.488 e. The summed E-state index contributed by atoms with van der Waals surface area (Å²) in [7, 11) is 3.70. The van der Waals surface area contributed by atoms with Crippen molar-refractivity contribution in [2.24, 2.45) is 0 Å². The Morgan fingerprint density at radius 3 is 2.35 bits per heavy atom. The fourth-order valence-corrected chi connectivity index (χ4v) is 2.47. The first-order chi connectivity index (χ1) is 8.13. The van der Waals surface area contributed by atoms with E-state index in [1.165, 1.54) is 11.1 Å². The molecule has 17 heavy (non-hydrogen) atoms. The molecule has 0 saturated heterocycles. The fraction of sp³-hybridized carbons (Fsp3) is 0.571. The zero-order valence-corrected chi connectivity index (χ0v) is 11.0. The van der Waals surface area contributed by atoms with Gasteiger partial charge in [0.25, 0.3) is 0 Å². The summed E-state index contributed by atoms with van der Waals surface area (Å²) in [5.41, 5.74) is 2.47. The van der Waals surface area contributed by atoms with E-state index in [1.54, 1.807) is 7.11 Å². The summed E-state index contributed by atoms with van der Waals surface area (Å²) in [5, 5.41) is 3.24. The first kappa shape index (κ1) is 12.4. The van der Waals surface area contributed by atoms with Gasteiger partial charge in [-0.2, -0.15) is 0 Å². The van der Waals surface area contributed by atoms with Crippen molar-refractivity contribution in [1.82, 2.24) is 5.32 Å². The van der Waals surface area contributed by atoms with E-state index in [0.29, 0.717) is 6.04 Å². The molecule has 3 nitrogen and oxygen atoms in total. The Morgan fingerprint density at radius 2 is 1.82 bits per heavy atom. The fourth-order valence-electron chi connectivity index (χ4n) is 2.47. The molecule has 3 heteroatoms. The molecule has 0 bridgehead atoms. The lowest BCUT2D eigenvalue weighted by Gasteiger charge is -2.43. The van der Waals surface area contributed by atoms with Crippen LogP contribution in [0.25, 0.3) is 0 Å². The minimum atomic E-state index is 0.154. The number of ether oxygens (including phenoxy) is 2. The van der Waals surface area contributed by atoms with Gasteiger partial charge in [-0.25, -0.2) is 0 Å². The van der Waals surface area contributed by atoms with Crippen molar-refractivity contribution < 1.29 is 9.47 Å². The van der Waals surface area contributed by atoms with Gasteiger partial charge in [0.1, 0.15) is 18.0 Å². The summed E-state index contributed by atoms with van der Waals surface area (Å²) < 4.78 is 11.4. The van der Waals surface area contributed by atoms with Crippen LogP contribution in [0.2, 0.25) is 0 Å². The van der Waals surface area contributed by atoms with Crippen LogP contribution in [0.4, 0.5) is 0 Å². The number of benzene rings is 1. The quantitative estimate of drug-likeness (QED) is 0.866. The van der Waals surface area contributed by atoms with Crippen molar-refractivity contribution in [1.29, 1.82) is 0 Å². The number of likely N-dealkylation sites (N-methyl/N-ethyl adjacent to an activating group) is 1. The Balaban J connectivity index is 2.02. The van der Waals surface area contributed by atoms with Crippen LogP contribution in [-0.2, 0) is 4.74 Å². The van der Waals surface area contributed by atoms with Gasteiger partial charge < -0.3 is 14.8 Å². The van der Waals surface area contributed by atoms with E-state index in [9.17, 15) is 0 Å². The molecule has 0 spiro atoms. The normalized spacial score (nSPS) is 27.6. The van der Waals surface area contributed by atoms with E-state index < -0.39 is 0 Å². The zero-order chi connectivity index (χ0) is 12.4. The second kappa shape index (κ2) is 5.07. The number of rotatable bonds is 4. The van der Waals surface area contributed by atoms with Crippen molar-refractivity contribution in [2.75, 3.05) is 14.2 Å². The molecule has 3 atom stereocenters. The molecule has 0 aromatic heterocycles. The van der Waals surface area contributed by atoms with Gasteiger partial charge in [-0.3, -0.25) is 0 Å². The number of hydrogen-bond acceptors (Lipinski definition) is 3. The van der Waals surface area contributed by atoms with Gasteiger partial charge in [0.05, 0.1) is 0 Å². The van der Waals surface area contributed by atoms with E-state index in [1.807, 2.05) is 7.05 Å². The number of hydrogen-bond donors (Lipinski definition) is 1. The van der Waals surface area contributed by atoms with Crippen LogP contribution in [0.1, 0.15) is 17.5 Å². The van der Waals surface area contributed by atoms with Crippen LogP contribution in [0.15, 0.2) is 18.2 Å². The molecule has 1 N–H and O–H groups in total. The average Bonchev–Trinajstić information content (AvgIpc) is 2.22. The van der Waals surface area contributed by atoms with Crippen LogP contribution in [0.5, 0.6) is 5.75 Å². The molecule has 3 unspecified atom stereocenters. The third kappa shape index (κ3) is 2.61. The second-order valence-corrected chi connectivity index (χ2v) is 4.81. The highest BCUT2D eigenvalue weighted by molar-refractivity contribution is 5.33. The summed E-state index contributed by atoms with van der Waals surface area (Å²) in [5.74, 6) is 0.948. The maximum atomic E-state index is 5.98. The van der Waals surface area contributed by atoms with Gasteiger partial charge in [0.15, 0.2) is 0 Å². The summed E-state index contributed by atoms with van der Waals surface area (Å²) in [6.45, 7) is 4.18. The first-order valence-electron chi connectivity index (χ1n) is 6.09. The van der Waals surface area contributed by atoms with Crippen molar-refractivity contribution in [3.8, 4) is 5.75 Å². The lowest BCUT2D eigenvalue weighted by atomic mass is 9.85. The first-order valence-corrected chi connectivity index (χ1v) is 6.09. The highest BCUT2D eigenvalue weighted by Crippen LogP contribution is 2.29. The smallest absolute Gasteiger partial charge is 0.128 e. The van der Waals surface area contributed by atoms with E-state index in [4.69, 9.17) is 9.47 Å². The summed E-state index contributed by atoms with van der Waals surface area (Å²) >= 11 is 0. The maximum absolute atomic E-state index is 5.98. The van der Waals surface area contributed by atoms with Crippen molar-refractivity contribution in [3.05, 3.63) is 29.3 Å². The standard InChI is InChI=1S/C14H21NO2/c1-9-5-10(2)7-11(6-9)17-13-8-12(15-3)14(13)16-4/h5-7,12-15H,8H2,1-4H3. The van der Waals surface area contributed by atoms with Gasteiger partial charge in [-0.05, 0) is 44.2 Å². The van der Waals surface area contributed by atoms with E-state index in [2.05, 4.69) is 37.4 Å². The third-order valence-electron chi connectivity index (χ3n) is 3.37. The van der Waals surface area contributed by atoms with Crippen molar-refractivity contribution >= 4 is 0 Å². The highest BCUT2D eigenvalue weighted by Gasteiger charge is 2.42. The minimum Gasteiger partial charge on any atom is -0.488 e. The molecule has 94 valence electrons.